The molecule has 1 N–H and O–H groups in total. The van der Waals surface area contributed by atoms with E-state index in [0.29, 0.717) is 6.42 Å². The fraction of sp³-hybridized carbons (Fsp3) is 0.562. The summed E-state index contributed by atoms with van der Waals surface area (Å²) in [6.45, 7) is 8.46. The van der Waals surface area contributed by atoms with Crippen molar-refractivity contribution in [1.82, 2.24) is 0 Å². The summed E-state index contributed by atoms with van der Waals surface area (Å²) in [5.41, 5.74) is 1.73. The zero-order valence-electron chi connectivity index (χ0n) is 12.4. The number of esters is 1. The SMILES string of the molecule is COC(=O)[C@]1(C)Cc2ccccc2N[C@@H]1C(C)(C)C. The lowest BCUT2D eigenvalue weighted by molar-refractivity contribution is -0.154. The molecule has 2 atom stereocenters. The molecule has 1 aromatic carbocycles. The minimum atomic E-state index is -0.540. The molecule has 0 saturated carbocycles. The van der Waals surface area contributed by atoms with E-state index in [2.05, 4.69) is 38.2 Å². The van der Waals surface area contributed by atoms with E-state index in [9.17, 15) is 4.79 Å². The molecule has 0 fully saturated rings. The molecule has 1 aliphatic heterocycles. The summed E-state index contributed by atoms with van der Waals surface area (Å²) in [7, 11) is 1.47. The van der Waals surface area contributed by atoms with E-state index in [1.54, 1.807) is 0 Å². The summed E-state index contributed by atoms with van der Waals surface area (Å²) in [6, 6.07) is 8.22. The Labute approximate surface area is 115 Å². The number of rotatable bonds is 1. The number of hydrogen-bond donors (Lipinski definition) is 1. The summed E-state index contributed by atoms with van der Waals surface area (Å²) in [5.74, 6) is -0.144. The predicted molar refractivity (Wildman–Crippen MR) is 77.1 cm³/mol. The van der Waals surface area contributed by atoms with Gasteiger partial charge in [0.25, 0.3) is 0 Å². The van der Waals surface area contributed by atoms with Gasteiger partial charge in [0.1, 0.15) is 0 Å². The quantitative estimate of drug-likeness (QED) is 0.789. The molecule has 0 unspecified atom stereocenters. The maximum atomic E-state index is 12.3. The van der Waals surface area contributed by atoms with Gasteiger partial charge in [-0.1, -0.05) is 39.0 Å². The van der Waals surface area contributed by atoms with E-state index in [4.69, 9.17) is 4.74 Å². The van der Waals surface area contributed by atoms with Gasteiger partial charge in [-0.3, -0.25) is 4.79 Å². The molecule has 0 bridgehead atoms. The number of carbonyl (C=O) groups excluding carboxylic acids is 1. The van der Waals surface area contributed by atoms with Crippen molar-refractivity contribution in [3.05, 3.63) is 29.8 Å². The molecule has 19 heavy (non-hydrogen) atoms. The van der Waals surface area contributed by atoms with E-state index in [1.165, 1.54) is 12.7 Å². The Balaban J connectivity index is 2.49. The van der Waals surface area contributed by atoms with Gasteiger partial charge in [-0.05, 0) is 30.4 Å². The highest BCUT2D eigenvalue weighted by atomic mass is 16.5. The van der Waals surface area contributed by atoms with Crippen molar-refractivity contribution in [1.29, 1.82) is 0 Å². The van der Waals surface area contributed by atoms with Gasteiger partial charge in [0.15, 0.2) is 0 Å². The van der Waals surface area contributed by atoms with Crippen molar-refractivity contribution in [2.24, 2.45) is 10.8 Å². The van der Waals surface area contributed by atoms with Gasteiger partial charge in [-0.25, -0.2) is 0 Å². The largest absolute Gasteiger partial charge is 0.469 e. The highest BCUT2D eigenvalue weighted by Crippen LogP contribution is 2.44. The van der Waals surface area contributed by atoms with Crippen molar-refractivity contribution in [3.8, 4) is 0 Å². The summed E-state index contributed by atoms with van der Waals surface area (Å²) < 4.78 is 5.05. The van der Waals surface area contributed by atoms with Crippen LogP contribution in [0.3, 0.4) is 0 Å². The standard InChI is InChI=1S/C16H23NO2/c1-15(2,3)13-16(4,14(18)19-5)10-11-8-6-7-9-12(11)17-13/h6-9,13,17H,10H2,1-5H3/t13-,16-/m1/s1. The van der Waals surface area contributed by atoms with Crippen LogP contribution in [0.2, 0.25) is 0 Å². The van der Waals surface area contributed by atoms with Gasteiger partial charge in [-0.2, -0.15) is 0 Å². The lowest BCUT2D eigenvalue weighted by atomic mass is 9.65. The highest BCUT2D eigenvalue weighted by Gasteiger charge is 2.50. The molecule has 1 aliphatic rings. The van der Waals surface area contributed by atoms with E-state index >= 15 is 0 Å². The normalized spacial score (nSPS) is 26.3. The molecule has 3 nitrogen and oxygen atoms in total. The lowest BCUT2D eigenvalue weighted by Crippen LogP contribution is -2.55. The summed E-state index contributed by atoms with van der Waals surface area (Å²) in [6.07, 6.45) is 0.713. The molecule has 0 aliphatic carbocycles. The number of para-hydroxylation sites is 1. The van der Waals surface area contributed by atoms with Gasteiger partial charge >= 0.3 is 5.97 Å². The van der Waals surface area contributed by atoms with E-state index < -0.39 is 5.41 Å². The van der Waals surface area contributed by atoms with Crippen LogP contribution in [0.25, 0.3) is 0 Å². The second kappa shape index (κ2) is 4.55. The number of carbonyl (C=O) groups is 1. The number of methoxy groups -OCH3 is 1. The van der Waals surface area contributed by atoms with Crippen LogP contribution in [-0.4, -0.2) is 19.1 Å². The Morgan fingerprint density at radius 1 is 1.37 bits per heavy atom. The van der Waals surface area contributed by atoms with Crippen LogP contribution in [0.5, 0.6) is 0 Å². The first-order valence-corrected chi connectivity index (χ1v) is 6.72. The summed E-state index contributed by atoms with van der Waals surface area (Å²) in [5, 5.41) is 3.54. The van der Waals surface area contributed by atoms with Gasteiger partial charge < -0.3 is 10.1 Å². The maximum Gasteiger partial charge on any atom is 0.313 e. The van der Waals surface area contributed by atoms with Crippen LogP contribution in [0.15, 0.2) is 24.3 Å². The third kappa shape index (κ3) is 2.34. The molecule has 2 rings (SSSR count). The first kappa shape index (κ1) is 13.9. The molecule has 104 valence electrons. The average molecular weight is 261 g/mol. The number of benzene rings is 1. The third-order valence-corrected chi connectivity index (χ3v) is 4.03. The van der Waals surface area contributed by atoms with E-state index in [-0.39, 0.29) is 17.4 Å². The van der Waals surface area contributed by atoms with Crippen LogP contribution >= 0.6 is 0 Å². The third-order valence-electron chi connectivity index (χ3n) is 4.03. The topological polar surface area (TPSA) is 38.3 Å². The molecule has 0 radical (unpaired) electrons. The molecule has 1 heterocycles. The zero-order valence-corrected chi connectivity index (χ0v) is 12.4. The van der Waals surface area contributed by atoms with Crippen LogP contribution < -0.4 is 5.32 Å². The number of hydrogen-bond acceptors (Lipinski definition) is 3. The Morgan fingerprint density at radius 2 is 2.00 bits per heavy atom. The first-order valence-electron chi connectivity index (χ1n) is 6.72. The second-order valence-electron chi connectivity index (χ2n) is 6.69. The van der Waals surface area contributed by atoms with Gasteiger partial charge in [0.2, 0.25) is 0 Å². The molecular formula is C16H23NO2. The van der Waals surface area contributed by atoms with Crippen molar-refractivity contribution < 1.29 is 9.53 Å². The number of ether oxygens (including phenoxy) is 1. The van der Waals surface area contributed by atoms with Crippen LogP contribution in [0.1, 0.15) is 33.3 Å². The first-order chi connectivity index (χ1) is 8.79. The number of anilines is 1. The Morgan fingerprint density at radius 3 is 2.58 bits per heavy atom. The smallest absolute Gasteiger partial charge is 0.313 e. The van der Waals surface area contributed by atoms with Gasteiger partial charge in [0, 0.05) is 11.7 Å². The Kier molecular flexibility index (Phi) is 3.33. The van der Waals surface area contributed by atoms with Crippen molar-refractivity contribution in [3.63, 3.8) is 0 Å². The van der Waals surface area contributed by atoms with E-state index in [0.717, 1.165) is 5.69 Å². The molecule has 0 aromatic heterocycles. The number of fused-ring (bicyclic) bond motifs is 1. The fourth-order valence-electron chi connectivity index (χ4n) is 3.22. The monoisotopic (exact) mass is 261 g/mol. The molecule has 3 heteroatoms. The van der Waals surface area contributed by atoms with Gasteiger partial charge in [0.05, 0.1) is 12.5 Å². The van der Waals surface area contributed by atoms with Crippen LogP contribution in [-0.2, 0) is 16.0 Å². The van der Waals surface area contributed by atoms with Crippen molar-refractivity contribution >= 4 is 11.7 Å². The zero-order chi connectivity index (χ0) is 14.3. The predicted octanol–water partition coefficient (Wildman–Crippen LogP) is 3.25. The Bertz CT molecular complexity index is 490. The molecule has 0 amide bonds. The lowest BCUT2D eigenvalue weighted by Gasteiger charge is -2.47. The second-order valence-corrected chi connectivity index (χ2v) is 6.69. The minimum Gasteiger partial charge on any atom is -0.469 e. The molecule has 0 spiro atoms. The number of nitrogens with one attached hydrogen (secondary N) is 1. The summed E-state index contributed by atoms with van der Waals surface area (Å²) in [4.78, 5) is 12.3. The average Bonchev–Trinajstić information content (AvgIpc) is 2.35. The van der Waals surface area contributed by atoms with Crippen molar-refractivity contribution in [2.45, 2.75) is 40.2 Å². The minimum absolute atomic E-state index is 0.0313. The highest BCUT2D eigenvalue weighted by molar-refractivity contribution is 5.80. The van der Waals surface area contributed by atoms with Gasteiger partial charge in [-0.15, -0.1) is 0 Å². The van der Waals surface area contributed by atoms with Crippen molar-refractivity contribution in [2.75, 3.05) is 12.4 Å². The molecule has 1 aromatic rings. The van der Waals surface area contributed by atoms with Crippen LogP contribution in [0.4, 0.5) is 5.69 Å². The van der Waals surface area contributed by atoms with E-state index in [1.807, 2.05) is 19.1 Å². The Hall–Kier alpha value is -1.51. The van der Waals surface area contributed by atoms with Crippen LogP contribution in [0, 0.1) is 10.8 Å². The fourth-order valence-corrected chi connectivity index (χ4v) is 3.22. The summed E-state index contributed by atoms with van der Waals surface area (Å²) >= 11 is 0. The maximum absolute atomic E-state index is 12.3. The molecular weight excluding hydrogens is 238 g/mol. The molecule has 0 saturated heterocycles.